The van der Waals surface area contributed by atoms with Gasteiger partial charge in [-0.2, -0.15) is 5.10 Å². The molecule has 0 saturated carbocycles. The molecule has 1 saturated heterocycles. The number of nitrogens with zero attached hydrogens (tertiary/aromatic N) is 8. The zero-order chi connectivity index (χ0) is 22.2. The Morgan fingerprint density at radius 2 is 1.84 bits per heavy atom. The van der Waals surface area contributed by atoms with Gasteiger partial charge in [0.15, 0.2) is 5.65 Å². The van der Waals surface area contributed by atoms with E-state index in [2.05, 4.69) is 21.9 Å². The number of pyridine rings is 1. The van der Waals surface area contributed by atoms with Crippen molar-refractivity contribution in [3.63, 3.8) is 0 Å². The summed E-state index contributed by atoms with van der Waals surface area (Å²) in [4.78, 5) is 26.7. The van der Waals surface area contributed by atoms with Gasteiger partial charge in [-0.1, -0.05) is 0 Å². The number of fused-ring (bicyclic) bond motifs is 1. The molecule has 0 aliphatic carbocycles. The summed E-state index contributed by atoms with van der Waals surface area (Å²) in [5, 5.41) is 4.10. The lowest BCUT2D eigenvalue weighted by Crippen LogP contribution is -2.44. The lowest BCUT2D eigenvalue weighted by Gasteiger charge is -2.33. The summed E-state index contributed by atoms with van der Waals surface area (Å²) in [5.74, 6) is 1.61. The van der Waals surface area contributed by atoms with E-state index in [0.717, 1.165) is 43.1 Å². The van der Waals surface area contributed by atoms with E-state index in [-0.39, 0.29) is 12.3 Å². The second kappa shape index (κ2) is 8.12. The number of likely N-dealkylation sites (N-methyl/N-ethyl adjacent to an activating group) is 1. The van der Waals surface area contributed by atoms with Crippen molar-refractivity contribution in [2.45, 2.75) is 6.61 Å². The summed E-state index contributed by atoms with van der Waals surface area (Å²) in [6.45, 7) is 4.23. The van der Waals surface area contributed by atoms with Gasteiger partial charge in [-0.05, 0) is 19.2 Å². The Hall–Kier alpha value is -3.66. The molecule has 1 aliphatic rings. The summed E-state index contributed by atoms with van der Waals surface area (Å²) in [6, 6.07) is 5.87. The fourth-order valence-electron chi connectivity index (χ4n) is 3.93. The Bertz CT molecular complexity index is 1300. The third kappa shape index (κ3) is 3.73. The van der Waals surface area contributed by atoms with E-state index >= 15 is 0 Å². The summed E-state index contributed by atoms with van der Waals surface area (Å²) in [5.41, 5.74) is 2.85. The molecule has 10 heteroatoms. The van der Waals surface area contributed by atoms with Crippen LogP contribution in [0.15, 0.2) is 47.8 Å². The van der Waals surface area contributed by atoms with Crippen LogP contribution in [0.2, 0.25) is 0 Å². The number of aromatic nitrogens is 6. The number of piperazine rings is 1. The molecular formula is C22H26N8O2. The molecule has 0 bridgehead atoms. The maximum Gasteiger partial charge on any atom is 0.333 e. The SMILES string of the molecule is CN1CCN(c2ccc(-c3cn(C)c(=O)n4cc(COc5ccnn5C)nc34)cn2)CC1. The zero-order valence-electron chi connectivity index (χ0n) is 18.5. The quantitative estimate of drug-likeness (QED) is 0.466. The van der Waals surface area contributed by atoms with Crippen molar-refractivity contribution in [3.8, 4) is 17.0 Å². The number of aryl methyl sites for hydroxylation is 2. The van der Waals surface area contributed by atoms with Crippen molar-refractivity contribution < 1.29 is 4.74 Å². The predicted octanol–water partition coefficient (Wildman–Crippen LogP) is 1.16. The minimum atomic E-state index is -0.162. The zero-order valence-corrected chi connectivity index (χ0v) is 18.5. The van der Waals surface area contributed by atoms with Crippen LogP contribution in [-0.4, -0.2) is 66.8 Å². The lowest BCUT2D eigenvalue weighted by atomic mass is 10.1. The standard InChI is InChI=1S/C22H26N8O2/c1-26-8-10-29(11-9-26)19-5-4-16(12-23-19)18-14-27(2)22(31)30-13-17(25-21(18)30)15-32-20-6-7-24-28(20)3/h4-7,12-14H,8-11,15H2,1-3H3. The minimum absolute atomic E-state index is 0.162. The number of hydrogen-bond donors (Lipinski definition) is 0. The molecule has 4 aromatic rings. The average molecular weight is 435 g/mol. The first-order valence-electron chi connectivity index (χ1n) is 10.6. The number of anilines is 1. The number of imidazole rings is 1. The first-order chi connectivity index (χ1) is 15.5. The Balaban J connectivity index is 1.45. The minimum Gasteiger partial charge on any atom is -0.471 e. The molecule has 0 atom stereocenters. The molecule has 0 amide bonds. The van der Waals surface area contributed by atoms with E-state index in [1.807, 2.05) is 31.6 Å². The number of hydrogen-bond acceptors (Lipinski definition) is 7. The van der Waals surface area contributed by atoms with E-state index < -0.39 is 0 Å². The molecule has 0 radical (unpaired) electrons. The molecule has 4 aromatic heterocycles. The van der Waals surface area contributed by atoms with Crippen LogP contribution in [0.1, 0.15) is 5.69 Å². The molecule has 0 spiro atoms. The molecule has 32 heavy (non-hydrogen) atoms. The Kier molecular flexibility index (Phi) is 5.14. The topological polar surface area (TPSA) is 85.7 Å². The summed E-state index contributed by atoms with van der Waals surface area (Å²) >= 11 is 0. The maximum atomic E-state index is 12.7. The third-order valence-corrected chi connectivity index (χ3v) is 5.86. The third-order valence-electron chi connectivity index (χ3n) is 5.86. The van der Waals surface area contributed by atoms with Gasteiger partial charge in [0.05, 0.1) is 11.9 Å². The maximum absolute atomic E-state index is 12.7. The van der Waals surface area contributed by atoms with Crippen LogP contribution in [0.25, 0.3) is 16.8 Å². The van der Waals surface area contributed by atoms with Crippen LogP contribution in [0.5, 0.6) is 5.88 Å². The molecule has 1 fully saturated rings. The van der Waals surface area contributed by atoms with Gasteiger partial charge in [-0.25, -0.2) is 19.4 Å². The largest absolute Gasteiger partial charge is 0.471 e. The van der Waals surface area contributed by atoms with Crippen molar-refractivity contribution in [2.75, 3.05) is 38.1 Å². The number of ether oxygens (including phenoxy) is 1. The van der Waals surface area contributed by atoms with Gasteiger partial charge in [0.25, 0.3) is 0 Å². The van der Waals surface area contributed by atoms with Crippen molar-refractivity contribution in [1.29, 1.82) is 0 Å². The highest BCUT2D eigenvalue weighted by Crippen LogP contribution is 2.25. The van der Waals surface area contributed by atoms with Crippen LogP contribution in [-0.2, 0) is 20.7 Å². The highest BCUT2D eigenvalue weighted by Gasteiger charge is 2.17. The molecule has 0 N–H and O–H groups in total. The van der Waals surface area contributed by atoms with Crippen molar-refractivity contribution in [2.24, 2.45) is 14.1 Å². The molecule has 0 aromatic carbocycles. The van der Waals surface area contributed by atoms with E-state index in [1.165, 1.54) is 0 Å². The summed E-state index contributed by atoms with van der Waals surface area (Å²) < 4.78 is 10.6. The molecule has 5 heterocycles. The van der Waals surface area contributed by atoms with Crippen LogP contribution < -0.4 is 15.3 Å². The average Bonchev–Trinajstić information content (AvgIpc) is 3.42. The molecule has 166 valence electrons. The normalized spacial score (nSPS) is 14.9. The molecular weight excluding hydrogens is 408 g/mol. The van der Waals surface area contributed by atoms with Gasteiger partial charge in [0.1, 0.15) is 12.4 Å². The highest BCUT2D eigenvalue weighted by molar-refractivity contribution is 5.77. The summed E-state index contributed by atoms with van der Waals surface area (Å²) in [7, 11) is 5.69. The van der Waals surface area contributed by atoms with Gasteiger partial charge in [-0.15, -0.1) is 0 Å². The molecule has 10 nitrogen and oxygen atoms in total. The van der Waals surface area contributed by atoms with E-state index in [4.69, 9.17) is 14.7 Å². The molecule has 1 aliphatic heterocycles. The second-order valence-corrected chi connectivity index (χ2v) is 8.14. The lowest BCUT2D eigenvalue weighted by molar-refractivity contribution is 0.275. The van der Waals surface area contributed by atoms with E-state index in [9.17, 15) is 4.79 Å². The highest BCUT2D eigenvalue weighted by atomic mass is 16.5. The number of rotatable bonds is 5. The first kappa shape index (κ1) is 20.3. The molecule has 5 rings (SSSR count). The van der Waals surface area contributed by atoms with Crippen LogP contribution in [0.3, 0.4) is 0 Å². The summed E-state index contributed by atoms with van der Waals surface area (Å²) in [6.07, 6.45) is 7.06. The monoisotopic (exact) mass is 434 g/mol. The fraction of sp³-hybridized carbons (Fsp3) is 0.364. The van der Waals surface area contributed by atoms with Gasteiger partial charge in [0.2, 0.25) is 5.88 Å². The smallest absolute Gasteiger partial charge is 0.333 e. The van der Waals surface area contributed by atoms with Crippen molar-refractivity contribution >= 4 is 11.5 Å². The van der Waals surface area contributed by atoms with E-state index in [0.29, 0.717) is 17.2 Å². The van der Waals surface area contributed by atoms with Gasteiger partial charge in [-0.3, -0.25) is 4.40 Å². The Labute approximate surface area is 185 Å². The van der Waals surface area contributed by atoms with Crippen LogP contribution >= 0.6 is 0 Å². The predicted molar refractivity (Wildman–Crippen MR) is 121 cm³/mol. The Morgan fingerprint density at radius 1 is 1.03 bits per heavy atom. The molecule has 0 unspecified atom stereocenters. The first-order valence-corrected chi connectivity index (χ1v) is 10.6. The Morgan fingerprint density at radius 3 is 2.53 bits per heavy atom. The van der Waals surface area contributed by atoms with Gasteiger partial charge < -0.3 is 19.1 Å². The second-order valence-electron chi connectivity index (χ2n) is 8.14. The fourth-order valence-corrected chi connectivity index (χ4v) is 3.93. The van der Waals surface area contributed by atoms with Gasteiger partial charge in [0, 0.05) is 76.1 Å². The van der Waals surface area contributed by atoms with Crippen molar-refractivity contribution in [3.05, 3.63) is 59.2 Å². The van der Waals surface area contributed by atoms with Crippen molar-refractivity contribution in [1.82, 2.24) is 33.6 Å². The van der Waals surface area contributed by atoms with Crippen LogP contribution in [0.4, 0.5) is 5.82 Å². The van der Waals surface area contributed by atoms with Gasteiger partial charge >= 0.3 is 5.69 Å². The van der Waals surface area contributed by atoms with E-state index in [1.54, 1.807) is 39.2 Å². The van der Waals surface area contributed by atoms with Crippen LogP contribution in [0, 0.1) is 0 Å².